The first-order chi connectivity index (χ1) is 12.6. The Bertz CT molecular complexity index is 1000. The molecule has 0 bridgehead atoms. The second kappa shape index (κ2) is 6.87. The predicted octanol–water partition coefficient (Wildman–Crippen LogP) is 3.29. The van der Waals surface area contributed by atoms with Crippen LogP contribution in [0.4, 0.5) is 10.2 Å². The van der Waals surface area contributed by atoms with Crippen LogP contribution in [0.15, 0.2) is 30.5 Å². The maximum Gasteiger partial charge on any atom is 0.253 e. The SMILES string of the molecule is O=C(NCc1ccc(N2CCCC2)nc1)c1cc(F)cc2[nH]c(=S)[nH]c12. The number of aromatic nitrogens is 3. The Hall–Kier alpha value is -2.74. The molecule has 0 saturated carbocycles. The maximum atomic E-state index is 13.8. The molecule has 3 N–H and O–H groups in total. The Morgan fingerprint density at radius 2 is 2.08 bits per heavy atom. The number of hydrogen-bond donors (Lipinski definition) is 3. The summed E-state index contributed by atoms with van der Waals surface area (Å²) in [6, 6.07) is 6.42. The fourth-order valence-corrected chi connectivity index (χ4v) is 3.43. The summed E-state index contributed by atoms with van der Waals surface area (Å²) in [7, 11) is 0. The van der Waals surface area contributed by atoms with Gasteiger partial charge < -0.3 is 20.2 Å². The average molecular weight is 371 g/mol. The summed E-state index contributed by atoms with van der Waals surface area (Å²) >= 11 is 5.02. The Balaban J connectivity index is 1.48. The highest BCUT2D eigenvalue weighted by Crippen LogP contribution is 2.19. The van der Waals surface area contributed by atoms with Gasteiger partial charge in [0.1, 0.15) is 11.6 Å². The van der Waals surface area contributed by atoms with Crippen molar-refractivity contribution in [2.24, 2.45) is 0 Å². The van der Waals surface area contributed by atoms with E-state index < -0.39 is 5.82 Å². The summed E-state index contributed by atoms with van der Waals surface area (Å²) in [5.74, 6) is 0.0946. The van der Waals surface area contributed by atoms with E-state index in [1.807, 2.05) is 12.1 Å². The topological polar surface area (TPSA) is 76.8 Å². The number of imidazole rings is 1. The zero-order valence-corrected chi connectivity index (χ0v) is 14.8. The highest BCUT2D eigenvalue weighted by atomic mass is 32.1. The first-order valence-electron chi connectivity index (χ1n) is 8.50. The first kappa shape index (κ1) is 16.7. The lowest BCUT2D eigenvalue weighted by Crippen LogP contribution is -2.23. The lowest BCUT2D eigenvalue weighted by atomic mass is 10.1. The van der Waals surface area contributed by atoms with Crippen LogP contribution in [0.25, 0.3) is 11.0 Å². The fraction of sp³-hybridized carbons (Fsp3) is 0.278. The number of pyridine rings is 1. The van der Waals surface area contributed by atoms with Gasteiger partial charge in [0, 0.05) is 25.8 Å². The van der Waals surface area contributed by atoms with E-state index >= 15 is 0 Å². The van der Waals surface area contributed by atoms with Gasteiger partial charge in [0.2, 0.25) is 0 Å². The third-order valence-electron chi connectivity index (χ3n) is 4.53. The largest absolute Gasteiger partial charge is 0.357 e. The Morgan fingerprint density at radius 3 is 2.81 bits per heavy atom. The van der Waals surface area contributed by atoms with E-state index in [0.29, 0.717) is 22.3 Å². The molecule has 0 unspecified atom stereocenters. The van der Waals surface area contributed by atoms with Gasteiger partial charge in [-0.05, 0) is 48.8 Å². The van der Waals surface area contributed by atoms with Crippen molar-refractivity contribution < 1.29 is 9.18 Å². The van der Waals surface area contributed by atoms with Crippen LogP contribution in [-0.2, 0) is 6.54 Å². The Kier molecular flexibility index (Phi) is 4.42. The van der Waals surface area contributed by atoms with Crippen LogP contribution in [0.2, 0.25) is 0 Å². The van der Waals surface area contributed by atoms with E-state index in [-0.39, 0.29) is 11.5 Å². The van der Waals surface area contributed by atoms with Gasteiger partial charge in [-0.1, -0.05) is 6.07 Å². The number of amides is 1. The van der Waals surface area contributed by atoms with Crippen LogP contribution in [-0.4, -0.2) is 33.9 Å². The van der Waals surface area contributed by atoms with Crippen molar-refractivity contribution in [3.63, 3.8) is 0 Å². The highest BCUT2D eigenvalue weighted by Gasteiger charge is 2.15. The molecule has 0 spiro atoms. The molecule has 134 valence electrons. The number of carbonyl (C=O) groups excluding carboxylic acids is 1. The number of carbonyl (C=O) groups is 1. The van der Waals surface area contributed by atoms with Gasteiger partial charge in [0.05, 0.1) is 16.6 Å². The van der Waals surface area contributed by atoms with Gasteiger partial charge in [-0.25, -0.2) is 9.37 Å². The molecule has 0 radical (unpaired) electrons. The summed E-state index contributed by atoms with van der Waals surface area (Å²) in [6.45, 7) is 2.39. The molecule has 1 amide bonds. The number of nitrogens with zero attached hydrogens (tertiary/aromatic N) is 2. The molecule has 0 atom stereocenters. The van der Waals surface area contributed by atoms with E-state index in [0.717, 1.165) is 24.5 Å². The molecule has 3 heterocycles. The van der Waals surface area contributed by atoms with Crippen molar-refractivity contribution in [1.82, 2.24) is 20.3 Å². The van der Waals surface area contributed by atoms with E-state index in [1.165, 1.54) is 25.0 Å². The van der Waals surface area contributed by atoms with Gasteiger partial charge in [-0.3, -0.25) is 4.79 Å². The minimum atomic E-state index is -0.496. The van der Waals surface area contributed by atoms with Crippen molar-refractivity contribution in [1.29, 1.82) is 0 Å². The molecule has 8 heteroatoms. The number of halogens is 1. The number of H-pyrrole nitrogens is 2. The lowest BCUT2D eigenvalue weighted by molar-refractivity contribution is 0.0952. The summed E-state index contributed by atoms with van der Waals surface area (Å²) in [5, 5.41) is 2.81. The van der Waals surface area contributed by atoms with E-state index in [9.17, 15) is 9.18 Å². The monoisotopic (exact) mass is 371 g/mol. The number of benzene rings is 1. The second-order valence-corrected chi connectivity index (χ2v) is 6.76. The zero-order valence-electron chi connectivity index (χ0n) is 14.0. The molecule has 2 aromatic heterocycles. The normalized spacial score (nSPS) is 14.1. The third kappa shape index (κ3) is 3.32. The number of rotatable bonds is 4. The number of fused-ring (bicyclic) bond motifs is 1. The molecular formula is C18H18FN5OS. The van der Waals surface area contributed by atoms with Crippen molar-refractivity contribution >= 4 is 35.0 Å². The van der Waals surface area contributed by atoms with Crippen molar-refractivity contribution in [3.8, 4) is 0 Å². The van der Waals surface area contributed by atoms with Crippen LogP contribution >= 0.6 is 12.2 Å². The van der Waals surface area contributed by atoms with Crippen LogP contribution in [0, 0.1) is 10.6 Å². The molecule has 1 saturated heterocycles. The minimum Gasteiger partial charge on any atom is -0.357 e. The van der Waals surface area contributed by atoms with Crippen molar-refractivity contribution in [3.05, 3.63) is 52.2 Å². The smallest absolute Gasteiger partial charge is 0.253 e. The molecule has 1 aliphatic rings. The third-order valence-corrected chi connectivity index (χ3v) is 4.73. The van der Waals surface area contributed by atoms with E-state index in [2.05, 4.69) is 25.2 Å². The number of nitrogens with one attached hydrogen (secondary N) is 3. The van der Waals surface area contributed by atoms with Gasteiger partial charge in [0.15, 0.2) is 4.77 Å². The standard InChI is InChI=1S/C18H18FN5OS/c19-12-7-13(16-14(8-12)22-18(26)23-16)17(25)21-10-11-3-4-15(20-9-11)24-5-1-2-6-24/h3-4,7-9H,1-2,5-6,10H2,(H,21,25)(H2,22,23,26). The van der Waals surface area contributed by atoms with Crippen molar-refractivity contribution in [2.45, 2.75) is 19.4 Å². The number of hydrogen-bond acceptors (Lipinski definition) is 4. The first-order valence-corrected chi connectivity index (χ1v) is 8.90. The average Bonchev–Trinajstić information content (AvgIpc) is 3.28. The van der Waals surface area contributed by atoms with Gasteiger partial charge in [0.25, 0.3) is 5.91 Å². The molecular weight excluding hydrogens is 353 g/mol. The quantitative estimate of drug-likeness (QED) is 0.615. The minimum absolute atomic E-state index is 0.217. The van der Waals surface area contributed by atoms with Gasteiger partial charge in [-0.15, -0.1) is 0 Å². The summed E-state index contributed by atoms with van der Waals surface area (Å²) in [6.07, 6.45) is 4.16. The molecule has 1 fully saturated rings. The van der Waals surface area contributed by atoms with Crippen LogP contribution in [0.5, 0.6) is 0 Å². The summed E-state index contributed by atoms with van der Waals surface area (Å²) in [4.78, 5) is 24.9. The van der Waals surface area contributed by atoms with Crippen LogP contribution < -0.4 is 10.2 Å². The summed E-state index contributed by atoms with van der Waals surface area (Å²) < 4.78 is 14.1. The Labute approximate surface area is 154 Å². The number of anilines is 1. The zero-order chi connectivity index (χ0) is 18.1. The molecule has 6 nitrogen and oxygen atoms in total. The molecule has 4 rings (SSSR count). The van der Waals surface area contributed by atoms with Gasteiger partial charge in [-0.2, -0.15) is 0 Å². The van der Waals surface area contributed by atoms with Crippen molar-refractivity contribution in [2.75, 3.05) is 18.0 Å². The molecule has 3 aromatic rings. The molecule has 26 heavy (non-hydrogen) atoms. The lowest BCUT2D eigenvalue weighted by Gasteiger charge is -2.16. The molecule has 0 aliphatic carbocycles. The fourth-order valence-electron chi connectivity index (χ4n) is 3.22. The van der Waals surface area contributed by atoms with Crippen LogP contribution in [0.1, 0.15) is 28.8 Å². The molecule has 1 aliphatic heterocycles. The number of aromatic amines is 2. The van der Waals surface area contributed by atoms with Crippen LogP contribution in [0.3, 0.4) is 0 Å². The maximum absolute atomic E-state index is 13.8. The van der Waals surface area contributed by atoms with E-state index in [4.69, 9.17) is 12.2 Å². The second-order valence-electron chi connectivity index (χ2n) is 6.36. The molecule has 1 aromatic carbocycles. The predicted molar refractivity (Wildman–Crippen MR) is 100 cm³/mol. The highest BCUT2D eigenvalue weighted by molar-refractivity contribution is 7.71. The Morgan fingerprint density at radius 1 is 1.27 bits per heavy atom. The summed E-state index contributed by atoms with van der Waals surface area (Å²) in [5.41, 5.74) is 2.07. The van der Waals surface area contributed by atoms with Gasteiger partial charge >= 0.3 is 0 Å². The van der Waals surface area contributed by atoms with E-state index in [1.54, 1.807) is 6.20 Å².